The molecule has 0 unspecified atom stereocenters. The minimum absolute atomic E-state index is 0.0111. The Hall–Kier alpha value is -2.21. The van der Waals surface area contributed by atoms with Gasteiger partial charge in [-0.3, -0.25) is 15.1 Å². The monoisotopic (exact) mass is 265 g/mol. The zero-order valence-corrected chi connectivity index (χ0v) is 10.1. The van der Waals surface area contributed by atoms with Gasteiger partial charge in [-0.15, -0.1) is 0 Å². The van der Waals surface area contributed by atoms with Crippen LogP contribution in [-0.2, 0) is 0 Å². The average Bonchev–Trinajstić information content (AvgIpc) is 2.31. The van der Waals surface area contributed by atoms with Crippen molar-refractivity contribution < 1.29 is 9.66 Å². The summed E-state index contributed by atoms with van der Waals surface area (Å²) in [6, 6.07) is 4.30. The number of ether oxygens (including phenoxy) is 1. The number of aryl methyl sites for hydroxylation is 1. The third-order valence-electron chi connectivity index (χ3n) is 2.17. The summed E-state index contributed by atoms with van der Waals surface area (Å²) in [4.78, 5) is 17.9. The lowest BCUT2D eigenvalue weighted by Crippen LogP contribution is -1.93. The predicted octanol–water partition coefficient (Wildman–Crippen LogP) is 3.14. The van der Waals surface area contributed by atoms with Crippen molar-refractivity contribution in [3.8, 4) is 11.6 Å². The molecule has 1 heterocycles. The Bertz CT molecular complexity index is 604. The first-order valence-electron chi connectivity index (χ1n) is 4.96. The number of benzene rings is 1. The molecule has 18 heavy (non-hydrogen) atoms. The lowest BCUT2D eigenvalue weighted by molar-refractivity contribution is -0.384. The number of aromatic nitrogens is 2. The zero-order chi connectivity index (χ0) is 13.1. The van der Waals surface area contributed by atoms with E-state index in [1.807, 2.05) is 0 Å². The van der Waals surface area contributed by atoms with Crippen molar-refractivity contribution in [3.05, 3.63) is 51.4 Å². The number of non-ortho nitro benzene ring substituents is 1. The van der Waals surface area contributed by atoms with Gasteiger partial charge in [0.2, 0.25) is 5.88 Å². The molecule has 0 N–H and O–H groups in total. The highest BCUT2D eigenvalue weighted by Crippen LogP contribution is 2.27. The molecular weight excluding hydrogens is 258 g/mol. The Morgan fingerprint density at radius 3 is 2.78 bits per heavy atom. The Morgan fingerprint density at radius 2 is 2.17 bits per heavy atom. The number of hydrogen-bond donors (Lipinski definition) is 0. The van der Waals surface area contributed by atoms with Gasteiger partial charge in [0.05, 0.1) is 17.3 Å². The van der Waals surface area contributed by atoms with Crippen LogP contribution in [0.5, 0.6) is 11.6 Å². The fourth-order valence-corrected chi connectivity index (χ4v) is 1.49. The average molecular weight is 266 g/mol. The molecule has 2 rings (SSSR count). The van der Waals surface area contributed by atoms with E-state index in [-0.39, 0.29) is 16.7 Å². The molecule has 0 aliphatic rings. The van der Waals surface area contributed by atoms with Gasteiger partial charge in [-0.25, -0.2) is 0 Å². The summed E-state index contributed by atoms with van der Waals surface area (Å²) in [5, 5.41) is 10.8. The van der Waals surface area contributed by atoms with Crippen LogP contribution in [0.25, 0.3) is 0 Å². The smallest absolute Gasteiger partial charge is 0.269 e. The molecule has 2 aromatic rings. The van der Waals surface area contributed by atoms with Crippen LogP contribution in [-0.4, -0.2) is 14.9 Å². The maximum absolute atomic E-state index is 10.6. The first-order valence-corrected chi connectivity index (χ1v) is 5.34. The molecule has 0 saturated carbocycles. The number of halogens is 1. The van der Waals surface area contributed by atoms with E-state index >= 15 is 0 Å². The van der Waals surface area contributed by atoms with Gasteiger partial charge >= 0.3 is 0 Å². The van der Waals surface area contributed by atoms with E-state index < -0.39 is 4.92 Å². The highest BCUT2D eigenvalue weighted by molar-refractivity contribution is 6.29. The minimum Gasteiger partial charge on any atom is -0.437 e. The maximum Gasteiger partial charge on any atom is 0.269 e. The van der Waals surface area contributed by atoms with Crippen molar-refractivity contribution in [3.63, 3.8) is 0 Å². The van der Waals surface area contributed by atoms with Crippen LogP contribution in [0, 0.1) is 17.0 Å². The van der Waals surface area contributed by atoms with Crippen LogP contribution >= 0.6 is 11.6 Å². The second-order valence-electron chi connectivity index (χ2n) is 3.49. The van der Waals surface area contributed by atoms with E-state index in [4.69, 9.17) is 16.3 Å². The lowest BCUT2D eigenvalue weighted by atomic mass is 10.2. The maximum atomic E-state index is 10.6. The van der Waals surface area contributed by atoms with Crippen LogP contribution in [0.1, 0.15) is 5.56 Å². The molecule has 0 atom stereocenters. The molecule has 0 bridgehead atoms. The Kier molecular flexibility index (Phi) is 3.38. The molecule has 6 nitrogen and oxygen atoms in total. The van der Waals surface area contributed by atoms with Gasteiger partial charge in [-0.05, 0) is 18.6 Å². The Labute approximate surface area is 107 Å². The van der Waals surface area contributed by atoms with Crippen molar-refractivity contribution in [1.29, 1.82) is 0 Å². The fourth-order valence-electron chi connectivity index (χ4n) is 1.35. The van der Waals surface area contributed by atoms with Crippen molar-refractivity contribution in [2.24, 2.45) is 0 Å². The molecule has 0 fully saturated rings. The summed E-state index contributed by atoms with van der Waals surface area (Å²) in [7, 11) is 0. The second-order valence-corrected chi connectivity index (χ2v) is 3.88. The van der Waals surface area contributed by atoms with Crippen molar-refractivity contribution >= 4 is 17.3 Å². The van der Waals surface area contributed by atoms with Gasteiger partial charge in [0.1, 0.15) is 5.75 Å². The topological polar surface area (TPSA) is 78.2 Å². The molecule has 0 radical (unpaired) electrons. The van der Waals surface area contributed by atoms with Crippen molar-refractivity contribution in [1.82, 2.24) is 9.97 Å². The van der Waals surface area contributed by atoms with E-state index in [9.17, 15) is 10.1 Å². The van der Waals surface area contributed by atoms with Crippen LogP contribution < -0.4 is 4.74 Å². The van der Waals surface area contributed by atoms with Crippen molar-refractivity contribution in [2.45, 2.75) is 6.92 Å². The lowest BCUT2D eigenvalue weighted by Gasteiger charge is -2.06. The molecule has 1 aromatic heterocycles. The molecule has 1 aromatic carbocycles. The third kappa shape index (κ3) is 2.72. The normalized spacial score (nSPS) is 10.1. The Balaban J connectivity index is 2.27. The summed E-state index contributed by atoms with van der Waals surface area (Å²) < 4.78 is 5.44. The molecule has 0 spiro atoms. The van der Waals surface area contributed by atoms with Gasteiger partial charge in [-0.1, -0.05) is 11.6 Å². The molecule has 92 valence electrons. The number of hydrogen-bond acceptors (Lipinski definition) is 5. The summed E-state index contributed by atoms with van der Waals surface area (Å²) >= 11 is 5.67. The van der Waals surface area contributed by atoms with Gasteiger partial charge in [0, 0.05) is 12.1 Å². The van der Waals surface area contributed by atoms with Gasteiger partial charge in [-0.2, -0.15) is 4.98 Å². The van der Waals surface area contributed by atoms with E-state index in [2.05, 4.69) is 9.97 Å². The highest BCUT2D eigenvalue weighted by atomic mass is 35.5. The quantitative estimate of drug-likeness (QED) is 0.629. The van der Waals surface area contributed by atoms with Crippen LogP contribution in [0.4, 0.5) is 5.69 Å². The van der Waals surface area contributed by atoms with Gasteiger partial charge < -0.3 is 4.74 Å². The number of nitro groups is 1. The molecule has 0 saturated heterocycles. The number of nitro benzene ring substituents is 1. The summed E-state index contributed by atoms with van der Waals surface area (Å²) in [6.45, 7) is 1.71. The Morgan fingerprint density at radius 1 is 1.39 bits per heavy atom. The third-order valence-corrected chi connectivity index (χ3v) is 2.35. The first kappa shape index (κ1) is 12.3. The minimum atomic E-state index is -0.462. The predicted molar refractivity (Wildman–Crippen MR) is 64.9 cm³/mol. The van der Waals surface area contributed by atoms with Crippen molar-refractivity contribution in [2.75, 3.05) is 0 Å². The van der Waals surface area contributed by atoms with Crippen LogP contribution in [0.3, 0.4) is 0 Å². The standard InChI is InChI=1S/C11H8ClN3O3/c1-7-4-8(15(16)17)2-3-9(7)18-11-6-13-5-10(12)14-11/h2-6H,1H3. The second kappa shape index (κ2) is 4.97. The SMILES string of the molecule is Cc1cc([N+](=O)[O-])ccc1Oc1cncc(Cl)n1. The summed E-state index contributed by atoms with van der Waals surface area (Å²) in [6.07, 6.45) is 2.80. The number of nitrogens with zero attached hydrogens (tertiary/aromatic N) is 3. The zero-order valence-electron chi connectivity index (χ0n) is 9.33. The van der Waals surface area contributed by atoms with Gasteiger partial charge in [0.25, 0.3) is 5.69 Å². The van der Waals surface area contributed by atoms with E-state index in [1.54, 1.807) is 6.92 Å². The highest BCUT2D eigenvalue weighted by Gasteiger charge is 2.10. The molecular formula is C11H8ClN3O3. The molecule has 0 amide bonds. The summed E-state index contributed by atoms with van der Waals surface area (Å²) in [5.74, 6) is 0.705. The van der Waals surface area contributed by atoms with E-state index in [0.717, 1.165) is 0 Å². The molecule has 7 heteroatoms. The van der Waals surface area contributed by atoms with E-state index in [1.165, 1.54) is 30.6 Å². The largest absolute Gasteiger partial charge is 0.437 e. The van der Waals surface area contributed by atoms with Crippen LogP contribution in [0.15, 0.2) is 30.6 Å². The first-order chi connectivity index (χ1) is 8.56. The van der Waals surface area contributed by atoms with E-state index in [0.29, 0.717) is 11.3 Å². The number of rotatable bonds is 3. The van der Waals surface area contributed by atoms with Gasteiger partial charge in [0.15, 0.2) is 5.15 Å². The molecule has 0 aliphatic carbocycles. The fraction of sp³-hybridized carbons (Fsp3) is 0.0909. The summed E-state index contributed by atoms with van der Waals surface area (Å²) in [5.41, 5.74) is 0.642. The van der Waals surface area contributed by atoms with Crippen LogP contribution in [0.2, 0.25) is 5.15 Å². The molecule has 0 aliphatic heterocycles.